The minimum absolute atomic E-state index is 0.0116. The Hall–Kier alpha value is -4.56. The molecule has 0 aliphatic carbocycles. The van der Waals surface area contributed by atoms with E-state index in [1.807, 2.05) is 0 Å². The molecule has 0 radical (unpaired) electrons. The number of rotatable bonds is 14. The largest absolute Gasteiger partial charge is 0.507 e. The molecule has 13 nitrogen and oxygen atoms in total. The van der Waals surface area contributed by atoms with Crippen LogP contribution in [0, 0.1) is 5.92 Å². The van der Waals surface area contributed by atoms with Gasteiger partial charge in [0.2, 0.25) is 27.6 Å². The molecule has 0 fully saturated rings. The lowest BCUT2D eigenvalue weighted by Gasteiger charge is -2.25. The van der Waals surface area contributed by atoms with Crippen LogP contribution in [0.25, 0.3) is 0 Å². The fourth-order valence-electron chi connectivity index (χ4n) is 4.05. The maximum Gasteiger partial charge on any atom is 0.335 e. The Kier molecular flexibility index (Phi) is 12.4. The maximum atomic E-state index is 13.2. The highest BCUT2D eigenvalue weighted by atomic mass is 32.2. The summed E-state index contributed by atoms with van der Waals surface area (Å²) in [6.07, 6.45) is 1.53. The van der Waals surface area contributed by atoms with Crippen LogP contribution in [0.2, 0.25) is 0 Å². The van der Waals surface area contributed by atoms with Crippen molar-refractivity contribution in [2.45, 2.75) is 70.5 Å². The molecule has 3 atom stereocenters. The van der Waals surface area contributed by atoms with Crippen LogP contribution in [0.5, 0.6) is 5.75 Å². The Morgan fingerprint density at radius 2 is 1.55 bits per heavy atom. The third kappa shape index (κ3) is 9.22. The summed E-state index contributed by atoms with van der Waals surface area (Å²) in [6.45, 7) is 7.63. The van der Waals surface area contributed by atoms with E-state index in [2.05, 4.69) is 16.0 Å². The van der Waals surface area contributed by atoms with E-state index in [-0.39, 0.29) is 40.4 Å². The van der Waals surface area contributed by atoms with Gasteiger partial charge in [0, 0.05) is 0 Å². The van der Waals surface area contributed by atoms with Crippen molar-refractivity contribution < 1.29 is 42.6 Å². The molecule has 3 amide bonds. The van der Waals surface area contributed by atoms with E-state index < -0.39 is 62.6 Å². The van der Waals surface area contributed by atoms with Crippen molar-refractivity contribution in [2.24, 2.45) is 11.7 Å². The number of sulfone groups is 1. The van der Waals surface area contributed by atoms with E-state index in [0.29, 0.717) is 5.56 Å². The number of phenols is 1. The smallest absolute Gasteiger partial charge is 0.335 e. The number of hydrogen-bond acceptors (Lipinski definition) is 9. The number of ketones is 1. The van der Waals surface area contributed by atoms with Crippen LogP contribution in [0.3, 0.4) is 0 Å². The van der Waals surface area contributed by atoms with Crippen molar-refractivity contribution in [3.63, 3.8) is 0 Å². The third-order valence-electron chi connectivity index (χ3n) is 6.57. The van der Waals surface area contributed by atoms with Crippen molar-refractivity contribution in [1.82, 2.24) is 16.0 Å². The van der Waals surface area contributed by atoms with Crippen molar-refractivity contribution >= 4 is 39.3 Å². The molecule has 7 N–H and O–H groups in total. The van der Waals surface area contributed by atoms with Crippen LogP contribution in [-0.4, -0.2) is 66.2 Å². The number of aromatic hydroxyl groups is 1. The van der Waals surface area contributed by atoms with Gasteiger partial charge in [-0.3, -0.25) is 19.2 Å². The standard InChI is InChI=1S/C30H38N4O9S/c1-6-7-25(44(42,43)21-11-9-20(10-12-21)30(40)41)33-27(37)17(4)32-29(39)26(16(2)3)34-28(38)23(31)15-19-8-13-24(36)22(14-19)18(5)35/h7-14,16-17,23,26,36H,6,15,31H2,1-5H3,(H,32,39)(H,33,37)(H,34,38)(H,40,41)/b25-7+. The quantitative estimate of drug-likeness (QED) is 0.166. The summed E-state index contributed by atoms with van der Waals surface area (Å²) in [6, 6.07) is 5.35. The SMILES string of the molecule is CC/C=C(\NC(=O)C(C)NC(=O)C(NC(=O)C(N)Cc1ccc(O)c(C(C)=O)c1)C(C)C)S(=O)(=O)c1ccc(C(=O)O)cc1. The molecule has 0 saturated heterocycles. The average molecular weight is 631 g/mol. The summed E-state index contributed by atoms with van der Waals surface area (Å²) in [5.41, 5.74) is 6.56. The van der Waals surface area contributed by atoms with Crippen LogP contribution >= 0.6 is 0 Å². The number of nitrogens with two attached hydrogens (primary N) is 1. The first kappa shape index (κ1) is 35.6. The summed E-state index contributed by atoms with van der Waals surface area (Å²) in [5.74, 6) is -4.43. The molecule has 0 heterocycles. The number of carboxylic acid groups (broad SMARTS) is 1. The molecule has 238 valence electrons. The Labute approximate surface area is 255 Å². The monoisotopic (exact) mass is 630 g/mol. The first-order chi connectivity index (χ1) is 20.5. The number of carbonyl (C=O) groups excluding carboxylic acids is 4. The van der Waals surface area contributed by atoms with Crippen molar-refractivity contribution in [1.29, 1.82) is 0 Å². The number of carbonyl (C=O) groups is 5. The lowest BCUT2D eigenvalue weighted by Crippen LogP contribution is -2.57. The topological polar surface area (TPSA) is 222 Å². The van der Waals surface area contributed by atoms with E-state index >= 15 is 0 Å². The number of aromatic carboxylic acids is 1. The number of nitrogens with one attached hydrogen (secondary N) is 3. The zero-order chi connectivity index (χ0) is 33.4. The third-order valence-corrected chi connectivity index (χ3v) is 8.31. The number of hydrogen-bond donors (Lipinski definition) is 6. The van der Waals surface area contributed by atoms with Crippen LogP contribution in [0.15, 0.2) is 58.5 Å². The van der Waals surface area contributed by atoms with E-state index in [1.54, 1.807) is 20.8 Å². The summed E-state index contributed by atoms with van der Waals surface area (Å²) in [5, 5.41) is 25.9. The van der Waals surface area contributed by atoms with Gasteiger partial charge in [0.15, 0.2) is 5.78 Å². The summed E-state index contributed by atoms with van der Waals surface area (Å²) in [7, 11) is -4.23. The van der Waals surface area contributed by atoms with Crippen LogP contribution in [0.4, 0.5) is 0 Å². The lowest BCUT2D eigenvalue weighted by molar-refractivity contribution is -0.132. The maximum absolute atomic E-state index is 13.2. The van der Waals surface area contributed by atoms with Crippen LogP contribution in [-0.2, 0) is 30.6 Å². The Morgan fingerprint density at radius 3 is 2.07 bits per heavy atom. The van der Waals surface area contributed by atoms with Gasteiger partial charge in [-0.1, -0.05) is 26.8 Å². The van der Waals surface area contributed by atoms with Gasteiger partial charge >= 0.3 is 5.97 Å². The van der Waals surface area contributed by atoms with Crippen LogP contribution in [0.1, 0.15) is 67.3 Å². The van der Waals surface area contributed by atoms with E-state index in [1.165, 1.54) is 38.1 Å². The molecule has 14 heteroatoms. The van der Waals surface area contributed by atoms with E-state index in [4.69, 9.17) is 10.8 Å². The van der Waals surface area contributed by atoms with Gasteiger partial charge in [0.1, 0.15) is 22.9 Å². The van der Waals surface area contributed by atoms with Gasteiger partial charge in [0.05, 0.1) is 22.1 Å². The molecule has 0 aromatic heterocycles. The van der Waals surface area contributed by atoms with Gasteiger partial charge in [-0.25, -0.2) is 13.2 Å². The van der Waals surface area contributed by atoms with Gasteiger partial charge < -0.3 is 31.9 Å². The van der Waals surface area contributed by atoms with Gasteiger partial charge in [-0.05, 0) is 80.6 Å². The number of allylic oxidation sites excluding steroid dienone is 1. The predicted molar refractivity (Wildman–Crippen MR) is 161 cm³/mol. The van der Waals surface area contributed by atoms with Crippen molar-refractivity contribution in [3.8, 4) is 5.75 Å². The minimum Gasteiger partial charge on any atom is -0.507 e. The number of benzene rings is 2. The Bertz CT molecular complexity index is 1550. The fourth-order valence-corrected chi connectivity index (χ4v) is 5.42. The van der Waals surface area contributed by atoms with Crippen molar-refractivity contribution in [3.05, 3.63) is 70.3 Å². The molecule has 3 unspecified atom stereocenters. The fraction of sp³-hybridized carbons (Fsp3) is 0.367. The predicted octanol–water partition coefficient (Wildman–Crippen LogP) is 1.65. The zero-order valence-corrected chi connectivity index (χ0v) is 25.9. The highest BCUT2D eigenvalue weighted by Gasteiger charge is 2.30. The molecule has 0 bridgehead atoms. The molecule has 0 aliphatic rings. The molecule has 2 aromatic carbocycles. The molecule has 0 aliphatic heterocycles. The highest BCUT2D eigenvalue weighted by Crippen LogP contribution is 2.21. The second-order valence-electron chi connectivity index (χ2n) is 10.5. The van der Waals surface area contributed by atoms with Gasteiger partial charge in [-0.15, -0.1) is 0 Å². The van der Waals surface area contributed by atoms with Gasteiger partial charge in [0.25, 0.3) is 0 Å². The lowest BCUT2D eigenvalue weighted by atomic mass is 9.99. The minimum atomic E-state index is -4.23. The molecular formula is C30H38N4O9S. The number of phenolic OH excluding ortho intramolecular Hbond substituents is 1. The second kappa shape index (κ2) is 15.3. The number of amides is 3. The highest BCUT2D eigenvalue weighted by molar-refractivity contribution is 7.95. The second-order valence-corrected chi connectivity index (χ2v) is 12.4. The van der Waals surface area contributed by atoms with Crippen molar-refractivity contribution in [2.75, 3.05) is 0 Å². The van der Waals surface area contributed by atoms with Crippen LogP contribution < -0.4 is 21.7 Å². The molecule has 0 spiro atoms. The number of carboxylic acids is 1. The first-order valence-corrected chi connectivity index (χ1v) is 15.3. The zero-order valence-electron chi connectivity index (χ0n) is 25.1. The normalized spacial score (nSPS) is 13.8. The first-order valence-electron chi connectivity index (χ1n) is 13.8. The molecular weight excluding hydrogens is 592 g/mol. The van der Waals surface area contributed by atoms with E-state index in [9.17, 15) is 37.5 Å². The summed E-state index contributed by atoms with van der Waals surface area (Å²) < 4.78 is 26.3. The Morgan fingerprint density at radius 1 is 0.932 bits per heavy atom. The molecule has 44 heavy (non-hydrogen) atoms. The average Bonchev–Trinajstić information content (AvgIpc) is 2.95. The molecule has 2 aromatic rings. The Balaban J connectivity index is 2.11. The molecule has 2 rings (SSSR count). The molecule has 0 saturated carbocycles. The van der Waals surface area contributed by atoms with Gasteiger partial charge in [-0.2, -0.15) is 0 Å². The van der Waals surface area contributed by atoms with E-state index in [0.717, 1.165) is 24.3 Å². The summed E-state index contributed by atoms with van der Waals surface area (Å²) in [4.78, 5) is 61.5. The summed E-state index contributed by atoms with van der Waals surface area (Å²) >= 11 is 0. The number of Topliss-reactive ketones (excluding diaryl/α,β-unsaturated/α-hetero) is 1.